The van der Waals surface area contributed by atoms with Crippen molar-refractivity contribution in [2.75, 3.05) is 0 Å². The van der Waals surface area contributed by atoms with Gasteiger partial charge >= 0.3 is 0 Å². The van der Waals surface area contributed by atoms with Gasteiger partial charge in [0.25, 0.3) is 0 Å². The molecule has 0 aliphatic carbocycles. The molecule has 4 nitrogen and oxygen atoms in total. The molecule has 0 saturated heterocycles. The summed E-state index contributed by atoms with van der Waals surface area (Å²) in [7, 11) is 0. The quantitative estimate of drug-likeness (QED) is 0.596. The number of rotatable bonds is 0. The first-order valence-electron chi connectivity index (χ1n) is 3.63. The largest absolute Gasteiger partial charge is 0.271 e. The summed E-state index contributed by atoms with van der Waals surface area (Å²) in [5, 5.41) is 8.90. The predicted molar refractivity (Wildman–Crippen MR) is 47.4 cm³/mol. The number of hydrogen-bond donors (Lipinski definition) is 0. The van der Waals surface area contributed by atoms with Crippen molar-refractivity contribution in [3.63, 3.8) is 0 Å². The average molecular weight is 193 g/mol. The molecule has 0 fully saturated rings. The third-order valence-corrected chi connectivity index (χ3v) is 2.02. The fourth-order valence-electron chi connectivity index (χ4n) is 1.18. The van der Waals surface area contributed by atoms with Gasteiger partial charge in [0.1, 0.15) is 17.6 Å². The maximum atomic E-state index is 8.63. The third-order valence-electron chi connectivity index (χ3n) is 1.76. The number of imidazole rings is 1. The number of aromatic nitrogens is 3. The van der Waals surface area contributed by atoms with Gasteiger partial charge in [0.2, 0.25) is 5.28 Å². The molecule has 0 unspecified atom stereocenters. The third kappa shape index (κ3) is 1.14. The molecule has 0 bridgehead atoms. The highest BCUT2D eigenvalue weighted by atomic mass is 35.5. The minimum Gasteiger partial charge on any atom is -0.271 e. The molecule has 2 aromatic rings. The zero-order chi connectivity index (χ0) is 9.42. The number of hydrogen-bond acceptors (Lipinski definition) is 3. The fraction of sp³-hybridized carbons (Fsp3) is 0.125. The van der Waals surface area contributed by atoms with Gasteiger partial charge in [0.15, 0.2) is 0 Å². The second-order valence-corrected chi connectivity index (χ2v) is 2.93. The molecule has 0 amide bonds. The molecule has 2 rings (SSSR count). The van der Waals surface area contributed by atoms with Crippen LogP contribution in [0.2, 0.25) is 5.28 Å². The SMILES string of the molecule is Cc1ncc2cc(C#N)nc(Cl)n12. The predicted octanol–water partition coefficient (Wildman–Crippen LogP) is 1.56. The van der Waals surface area contributed by atoms with Crippen molar-refractivity contribution < 1.29 is 0 Å². The molecule has 0 aliphatic rings. The Morgan fingerprint density at radius 1 is 1.62 bits per heavy atom. The molecule has 13 heavy (non-hydrogen) atoms. The normalized spacial score (nSPS) is 10.2. The van der Waals surface area contributed by atoms with Crippen molar-refractivity contribution in [1.29, 1.82) is 5.26 Å². The first kappa shape index (κ1) is 8.02. The van der Waals surface area contributed by atoms with Crippen LogP contribution in [0.3, 0.4) is 0 Å². The van der Waals surface area contributed by atoms with Crippen LogP contribution in [0, 0.1) is 18.3 Å². The summed E-state index contributed by atoms with van der Waals surface area (Å²) in [5.41, 5.74) is 1.09. The van der Waals surface area contributed by atoms with Crippen molar-refractivity contribution in [3.05, 3.63) is 29.1 Å². The first-order chi connectivity index (χ1) is 6.22. The summed E-state index contributed by atoms with van der Waals surface area (Å²) in [5.74, 6) is 0.761. The Kier molecular flexibility index (Phi) is 1.67. The minimum atomic E-state index is 0.268. The summed E-state index contributed by atoms with van der Waals surface area (Å²) in [4.78, 5) is 7.94. The van der Waals surface area contributed by atoms with Gasteiger partial charge in [-0.25, -0.2) is 9.97 Å². The summed E-state index contributed by atoms with van der Waals surface area (Å²) >= 11 is 5.85. The molecule has 5 heteroatoms. The van der Waals surface area contributed by atoms with E-state index in [9.17, 15) is 0 Å². The van der Waals surface area contributed by atoms with Crippen LogP contribution in [0.5, 0.6) is 0 Å². The molecular weight excluding hydrogens is 188 g/mol. The Morgan fingerprint density at radius 3 is 3.08 bits per heavy atom. The van der Waals surface area contributed by atoms with Gasteiger partial charge in [-0.05, 0) is 18.5 Å². The molecule has 0 atom stereocenters. The molecule has 0 saturated carbocycles. The van der Waals surface area contributed by atoms with E-state index in [-0.39, 0.29) is 5.28 Å². The van der Waals surface area contributed by atoms with Crippen LogP contribution in [0.25, 0.3) is 5.52 Å². The van der Waals surface area contributed by atoms with Crippen LogP contribution in [0.1, 0.15) is 11.5 Å². The standard InChI is InChI=1S/C8H5ClN4/c1-5-11-4-7-2-6(3-10)12-8(9)13(5)7/h2,4H,1H3. The second-order valence-electron chi connectivity index (χ2n) is 2.59. The number of halogens is 1. The van der Waals surface area contributed by atoms with Crippen LogP contribution in [-0.2, 0) is 0 Å². The van der Waals surface area contributed by atoms with Gasteiger partial charge in [-0.1, -0.05) is 0 Å². The summed E-state index contributed by atoms with van der Waals surface area (Å²) in [6.45, 7) is 1.83. The summed E-state index contributed by atoms with van der Waals surface area (Å²) in [6, 6.07) is 3.58. The lowest BCUT2D eigenvalue weighted by Crippen LogP contribution is -1.95. The molecule has 0 N–H and O–H groups in total. The number of aryl methyl sites for hydroxylation is 1. The molecule has 0 aliphatic heterocycles. The maximum absolute atomic E-state index is 8.63. The Balaban J connectivity index is 2.89. The van der Waals surface area contributed by atoms with Crippen molar-refractivity contribution in [2.24, 2.45) is 0 Å². The second kappa shape index (κ2) is 2.71. The van der Waals surface area contributed by atoms with Crippen molar-refractivity contribution >= 4 is 17.1 Å². The lowest BCUT2D eigenvalue weighted by molar-refractivity contribution is 0.994. The number of fused-ring (bicyclic) bond motifs is 1. The molecule has 64 valence electrons. The highest BCUT2D eigenvalue weighted by Crippen LogP contribution is 2.13. The summed E-state index contributed by atoms with van der Waals surface area (Å²) in [6.07, 6.45) is 1.66. The first-order valence-corrected chi connectivity index (χ1v) is 4.01. The van der Waals surface area contributed by atoms with E-state index in [0.717, 1.165) is 11.3 Å². The monoisotopic (exact) mass is 192 g/mol. The van der Waals surface area contributed by atoms with E-state index >= 15 is 0 Å². The molecule has 2 aromatic heterocycles. The lowest BCUT2D eigenvalue weighted by Gasteiger charge is -1.98. The van der Waals surface area contributed by atoms with Crippen LogP contribution >= 0.6 is 11.6 Å². The van der Waals surface area contributed by atoms with Gasteiger partial charge in [0.05, 0.1) is 11.7 Å². The molecule has 0 aromatic carbocycles. The van der Waals surface area contributed by atoms with Gasteiger partial charge in [-0.2, -0.15) is 5.26 Å². The zero-order valence-electron chi connectivity index (χ0n) is 6.82. The maximum Gasteiger partial charge on any atom is 0.210 e. The highest BCUT2D eigenvalue weighted by Gasteiger charge is 2.05. The van der Waals surface area contributed by atoms with Gasteiger partial charge in [0, 0.05) is 6.07 Å². The number of nitriles is 1. The van der Waals surface area contributed by atoms with Crippen LogP contribution in [-0.4, -0.2) is 14.4 Å². The van der Waals surface area contributed by atoms with Crippen molar-refractivity contribution in [3.8, 4) is 6.07 Å². The van der Waals surface area contributed by atoms with E-state index in [1.54, 1.807) is 16.7 Å². The van der Waals surface area contributed by atoms with Crippen LogP contribution in [0.15, 0.2) is 12.3 Å². The van der Waals surface area contributed by atoms with E-state index in [2.05, 4.69) is 9.97 Å². The van der Waals surface area contributed by atoms with Crippen LogP contribution in [0.4, 0.5) is 0 Å². The fourth-order valence-corrected chi connectivity index (χ4v) is 1.49. The van der Waals surface area contributed by atoms with E-state index in [4.69, 9.17) is 16.9 Å². The van der Waals surface area contributed by atoms with E-state index in [1.807, 2.05) is 13.0 Å². The summed E-state index contributed by atoms with van der Waals surface area (Å²) < 4.78 is 1.68. The minimum absolute atomic E-state index is 0.268. The molecular formula is C8H5ClN4. The van der Waals surface area contributed by atoms with Gasteiger partial charge < -0.3 is 0 Å². The molecule has 0 radical (unpaired) electrons. The lowest BCUT2D eigenvalue weighted by atomic mass is 10.4. The molecule has 2 heterocycles. The zero-order valence-corrected chi connectivity index (χ0v) is 7.58. The average Bonchev–Trinajstić information content (AvgIpc) is 2.48. The topological polar surface area (TPSA) is 54.0 Å². The van der Waals surface area contributed by atoms with E-state index in [0.29, 0.717) is 5.69 Å². The van der Waals surface area contributed by atoms with Gasteiger partial charge in [-0.15, -0.1) is 0 Å². The Morgan fingerprint density at radius 2 is 2.38 bits per heavy atom. The van der Waals surface area contributed by atoms with Gasteiger partial charge in [-0.3, -0.25) is 4.40 Å². The Labute approximate surface area is 79.4 Å². The Bertz CT molecular complexity index is 509. The van der Waals surface area contributed by atoms with Crippen molar-refractivity contribution in [2.45, 2.75) is 6.92 Å². The van der Waals surface area contributed by atoms with Crippen LogP contribution < -0.4 is 0 Å². The highest BCUT2D eigenvalue weighted by molar-refractivity contribution is 6.28. The molecule has 0 spiro atoms. The number of nitrogens with zero attached hydrogens (tertiary/aromatic N) is 4. The van der Waals surface area contributed by atoms with E-state index in [1.165, 1.54) is 0 Å². The van der Waals surface area contributed by atoms with E-state index < -0.39 is 0 Å². The van der Waals surface area contributed by atoms with Crippen molar-refractivity contribution in [1.82, 2.24) is 14.4 Å². The Hall–Kier alpha value is -1.60. The smallest absolute Gasteiger partial charge is 0.210 e.